The Bertz CT molecular complexity index is 1480. The van der Waals surface area contributed by atoms with Crippen LogP contribution in [0.4, 0.5) is 16.0 Å². The number of fused-ring (bicyclic) bond motifs is 1. The van der Waals surface area contributed by atoms with Gasteiger partial charge in [-0.3, -0.25) is 4.79 Å². The quantitative estimate of drug-likeness (QED) is 0.386. The Morgan fingerprint density at radius 3 is 2.55 bits per heavy atom. The molecule has 9 nitrogen and oxygen atoms in total. The van der Waals surface area contributed by atoms with Crippen molar-refractivity contribution in [2.45, 2.75) is 20.8 Å². The molecule has 1 fully saturated rings. The molecule has 1 N–H and O–H groups in total. The molecule has 4 aromatic rings. The van der Waals surface area contributed by atoms with E-state index in [1.54, 1.807) is 61.3 Å². The van der Waals surface area contributed by atoms with E-state index in [0.29, 0.717) is 48.5 Å². The van der Waals surface area contributed by atoms with Gasteiger partial charge in [-0.2, -0.15) is 0 Å². The van der Waals surface area contributed by atoms with Gasteiger partial charge in [0.05, 0.1) is 29.6 Å². The summed E-state index contributed by atoms with van der Waals surface area (Å²) < 4.78 is 13.6. The standard InChI is InChI=1S/C27H27FN6O3S/c1-27(2,3)25(36)37-34-10-8-33(9-11-34)24(35)21-15-22-17(13-20(21)23-29-7-12-38-23)16-30-26(32-22)31-19-6-4-5-18(28)14-19/h4-7,12-16H,8-11H2,1-3H3,(H,30,31,32). The van der Waals surface area contributed by atoms with E-state index in [-0.39, 0.29) is 23.6 Å². The van der Waals surface area contributed by atoms with E-state index in [0.717, 1.165) is 10.4 Å². The highest BCUT2D eigenvalue weighted by Crippen LogP contribution is 2.31. The van der Waals surface area contributed by atoms with Crippen molar-refractivity contribution in [2.75, 3.05) is 31.5 Å². The number of amides is 1. The van der Waals surface area contributed by atoms with Crippen molar-refractivity contribution < 1.29 is 18.8 Å². The minimum absolute atomic E-state index is 0.155. The average molecular weight is 535 g/mol. The van der Waals surface area contributed by atoms with Crippen LogP contribution in [0.15, 0.2) is 54.2 Å². The third kappa shape index (κ3) is 5.63. The fraction of sp³-hybridized carbons (Fsp3) is 0.296. The molecule has 38 heavy (non-hydrogen) atoms. The maximum absolute atomic E-state index is 13.7. The van der Waals surface area contributed by atoms with Gasteiger partial charge in [0.25, 0.3) is 5.91 Å². The van der Waals surface area contributed by atoms with Crippen LogP contribution in [0.1, 0.15) is 31.1 Å². The maximum Gasteiger partial charge on any atom is 0.330 e. The number of carbonyl (C=O) groups excluding carboxylic acids is 2. The van der Waals surface area contributed by atoms with Gasteiger partial charge in [-0.15, -0.1) is 16.4 Å². The van der Waals surface area contributed by atoms with Crippen molar-refractivity contribution in [3.05, 3.63) is 65.6 Å². The zero-order valence-electron chi connectivity index (χ0n) is 21.3. The highest BCUT2D eigenvalue weighted by Gasteiger charge is 2.30. The SMILES string of the molecule is CC(C)(C)C(=O)ON1CCN(C(=O)c2cc3nc(Nc4cccc(F)c4)ncc3cc2-c2nccs2)CC1. The molecule has 0 radical (unpaired) electrons. The van der Waals surface area contributed by atoms with Crippen molar-refractivity contribution >= 4 is 45.8 Å². The molecule has 1 aliphatic heterocycles. The van der Waals surface area contributed by atoms with Gasteiger partial charge in [0.1, 0.15) is 10.8 Å². The molecule has 2 aromatic heterocycles. The lowest BCUT2D eigenvalue weighted by atomic mass is 9.98. The molecule has 0 unspecified atom stereocenters. The molecule has 1 amide bonds. The number of hydroxylamine groups is 2. The zero-order chi connectivity index (χ0) is 26.9. The van der Waals surface area contributed by atoms with E-state index in [1.807, 2.05) is 11.4 Å². The number of hydrogen-bond acceptors (Lipinski definition) is 9. The van der Waals surface area contributed by atoms with Gasteiger partial charge in [0.15, 0.2) is 0 Å². The van der Waals surface area contributed by atoms with Crippen LogP contribution in [0.3, 0.4) is 0 Å². The Hall–Kier alpha value is -3.96. The molecule has 0 atom stereocenters. The molecular weight excluding hydrogens is 507 g/mol. The second kappa shape index (κ2) is 10.4. The van der Waals surface area contributed by atoms with Crippen molar-refractivity contribution in [1.29, 1.82) is 0 Å². The Morgan fingerprint density at radius 2 is 1.87 bits per heavy atom. The molecule has 0 aliphatic carbocycles. The van der Waals surface area contributed by atoms with E-state index < -0.39 is 5.41 Å². The number of aromatic nitrogens is 3. The molecule has 1 aliphatic rings. The number of rotatable bonds is 5. The number of hydrogen-bond donors (Lipinski definition) is 1. The summed E-state index contributed by atoms with van der Waals surface area (Å²) in [7, 11) is 0. The largest absolute Gasteiger partial charge is 0.367 e. The van der Waals surface area contributed by atoms with Crippen molar-refractivity contribution in [1.82, 2.24) is 24.9 Å². The molecule has 3 heterocycles. The minimum Gasteiger partial charge on any atom is -0.367 e. The molecule has 0 saturated carbocycles. The molecule has 196 valence electrons. The molecule has 2 aromatic carbocycles. The summed E-state index contributed by atoms with van der Waals surface area (Å²) in [6.45, 7) is 7.05. The first kappa shape index (κ1) is 25.7. The number of halogens is 1. The lowest BCUT2D eigenvalue weighted by molar-refractivity contribution is -0.205. The van der Waals surface area contributed by atoms with Gasteiger partial charge in [-0.25, -0.2) is 24.1 Å². The molecule has 0 spiro atoms. The summed E-state index contributed by atoms with van der Waals surface area (Å²) in [4.78, 5) is 46.6. The van der Waals surface area contributed by atoms with Crippen LogP contribution in [0.25, 0.3) is 21.5 Å². The van der Waals surface area contributed by atoms with Gasteiger partial charge in [-0.05, 0) is 51.1 Å². The van der Waals surface area contributed by atoms with Crippen molar-refractivity contribution in [3.8, 4) is 10.6 Å². The lowest BCUT2D eigenvalue weighted by Gasteiger charge is -2.34. The number of nitrogens with zero attached hydrogens (tertiary/aromatic N) is 5. The number of anilines is 2. The monoisotopic (exact) mass is 534 g/mol. The van der Waals surface area contributed by atoms with E-state index in [9.17, 15) is 14.0 Å². The molecule has 5 rings (SSSR count). The predicted molar refractivity (Wildman–Crippen MR) is 143 cm³/mol. The summed E-state index contributed by atoms with van der Waals surface area (Å²) in [5, 5.41) is 7.94. The highest BCUT2D eigenvalue weighted by atomic mass is 32.1. The molecular formula is C27H27FN6O3S. The van der Waals surface area contributed by atoms with E-state index in [4.69, 9.17) is 4.84 Å². The predicted octanol–water partition coefficient (Wildman–Crippen LogP) is 4.90. The Morgan fingerprint density at radius 1 is 1.08 bits per heavy atom. The zero-order valence-corrected chi connectivity index (χ0v) is 22.1. The number of benzene rings is 2. The first-order valence-corrected chi connectivity index (χ1v) is 13.1. The third-order valence-corrected chi connectivity index (χ3v) is 6.85. The number of piperazine rings is 1. The normalized spacial score (nSPS) is 14.5. The first-order chi connectivity index (χ1) is 18.2. The second-order valence-electron chi connectivity index (χ2n) is 9.97. The van der Waals surface area contributed by atoms with Gasteiger partial charge >= 0.3 is 5.97 Å². The van der Waals surface area contributed by atoms with Gasteiger partial charge in [0.2, 0.25) is 5.95 Å². The first-order valence-electron chi connectivity index (χ1n) is 12.2. The van der Waals surface area contributed by atoms with E-state index in [1.165, 1.54) is 23.5 Å². The fourth-order valence-corrected chi connectivity index (χ4v) is 4.62. The minimum atomic E-state index is -0.606. The maximum atomic E-state index is 13.7. The summed E-state index contributed by atoms with van der Waals surface area (Å²) in [6.07, 6.45) is 3.36. The summed E-state index contributed by atoms with van der Waals surface area (Å²) >= 11 is 1.44. The highest BCUT2D eigenvalue weighted by molar-refractivity contribution is 7.13. The van der Waals surface area contributed by atoms with Crippen LogP contribution in [0, 0.1) is 11.2 Å². The van der Waals surface area contributed by atoms with Gasteiger partial charge < -0.3 is 15.1 Å². The van der Waals surface area contributed by atoms with Crippen molar-refractivity contribution in [3.63, 3.8) is 0 Å². The van der Waals surface area contributed by atoms with Crippen LogP contribution in [-0.4, -0.2) is 63.0 Å². The third-order valence-electron chi connectivity index (χ3n) is 6.04. The van der Waals surface area contributed by atoms with Crippen LogP contribution in [0.5, 0.6) is 0 Å². The second-order valence-corrected chi connectivity index (χ2v) is 10.9. The van der Waals surface area contributed by atoms with E-state index >= 15 is 0 Å². The molecule has 0 bridgehead atoms. The Balaban J connectivity index is 1.41. The number of thiazole rings is 1. The van der Waals surface area contributed by atoms with Gasteiger partial charge in [0, 0.05) is 47.5 Å². The van der Waals surface area contributed by atoms with Crippen molar-refractivity contribution in [2.24, 2.45) is 5.41 Å². The Labute approximate surface area is 223 Å². The van der Waals surface area contributed by atoms with Crippen LogP contribution < -0.4 is 5.32 Å². The molecule has 1 saturated heterocycles. The average Bonchev–Trinajstić information content (AvgIpc) is 3.42. The van der Waals surface area contributed by atoms with E-state index in [2.05, 4.69) is 20.3 Å². The van der Waals surface area contributed by atoms with Crippen LogP contribution in [0.2, 0.25) is 0 Å². The summed E-state index contributed by atoms with van der Waals surface area (Å²) in [5.41, 5.74) is 1.66. The number of carbonyl (C=O) groups is 2. The van der Waals surface area contributed by atoms with Crippen LogP contribution >= 0.6 is 11.3 Å². The van der Waals surface area contributed by atoms with Crippen LogP contribution in [-0.2, 0) is 9.63 Å². The fourth-order valence-electron chi connectivity index (χ4n) is 3.95. The summed E-state index contributed by atoms with van der Waals surface area (Å²) in [6, 6.07) is 9.65. The van der Waals surface area contributed by atoms with Gasteiger partial charge in [-0.1, -0.05) is 6.07 Å². The topological polar surface area (TPSA) is 101 Å². The number of nitrogens with one attached hydrogen (secondary N) is 1. The molecule has 11 heteroatoms. The lowest BCUT2D eigenvalue weighted by Crippen LogP contribution is -2.50. The smallest absolute Gasteiger partial charge is 0.330 e. The Kier molecular flexibility index (Phi) is 7.04. The summed E-state index contributed by atoms with van der Waals surface area (Å²) in [5.74, 6) is -0.542.